The third-order valence-electron chi connectivity index (χ3n) is 4.05. The van der Waals surface area contributed by atoms with Gasteiger partial charge in [-0.25, -0.2) is 0 Å². The molecule has 1 amide bonds. The Morgan fingerprint density at radius 3 is 2.81 bits per heavy atom. The Hall–Kier alpha value is -1.43. The number of β-amino-alcohol motifs (C(OH)–C–C–N with tert-alkyl or cyclic N) is 1. The molecule has 0 radical (unpaired) electrons. The molecule has 5 heteroatoms. The Morgan fingerprint density at radius 1 is 1.43 bits per heavy atom. The van der Waals surface area contributed by atoms with E-state index in [1.807, 2.05) is 37.4 Å². The van der Waals surface area contributed by atoms with Gasteiger partial charge in [0, 0.05) is 39.1 Å². The van der Waals surface area contributed by atoms with Crippen molar-refractivity contribution in [1.82, 2.24) is 9.80 Å². The summed E-state index contributed by atoms with van der Waals surface area (Å²) in [5.41, 5.74) is 6.91. The number of piperidine rings is 1. The quantitative estimate of drug-likeness (QED) is 0.825. The van der Waals surface area contributed by atoms with Crippen LogP contribution in [-0.2, 0) is 11.3 Å². The average Bonchev–Trinajstić information content (AvgIpc) is 2.49. The number of hydrogen-bond acceptors (Lipinski definition) is 4. The molecule has 2 rings (SSSR count). The van der Waals surface area contributed by atoms with Gasteiger partial charge in [-0.15, -0.1) is 0 Å². The first kappa shape index (κ1) is 15.9. The first-order chi connectivity index (χ1) is 10.1. The van der Waals surface area contributed by atoms with Crippen molar-refractivity contribution in [1.29, 1.82) is 0 Å². The molecule has 1 fully saturated rings. The Balaban J connectivity index is 1.74. The molecule has 0 aliphatic carbocycles. The van der Waals surface area contributed by atoms with Crippen LogP contribution in [0.2, 0.25) is 0 Å². The first-order valence-electron chi connectivity index (χ1n) is 7.50. The topological polar surface area (TPSA) is 69.8 Å². The van der Waals surface area contributed by atoms with Gasteiger partial charge < -0.3 is 20.6 Å². The first-order valence-corrected chi connectivity index (χ1v) is 7.50. The number of likely N-dealkylation sites (tertiary alicyclic amines) is 1. The van der Waals surface area contributed by atoms with Crippen LogP contribution in [0.15, 0.2) is 30.3 Å². The van der Waals surface area contributed by atoms with E-state index in [1.165, 1.54) is 0 Å². The number of carbonyl (C=O) groups excluding carboxylic acids is 1. The number of aliphatic hydroxyl groups is 1. The lowest BCUT2D eigenvalue weighted by Gasteiger charge is -2.34. The van der Waals surface area contributed by atoms with Crippen LogP contribution in [0.5, 0.6) is 0 Å². The maximum Gasteiger partial charge on any atom is 0.223 e. The van der Waals surface area contributed by atoms with Crippen LogP contribution in [0.25, 0.3) is 0 Å². The molecule has 0 unspecified atom stereocenters. The van der Waals surface area contributed by atoms with Gasteiger partial charge in [0.05, 0.1) is 6.10 Å². The molecule has 1 saturated heterocycles. The normalized spacial score (nSPS) is 23.0. The van der Waals surface area contributed by atoms with E-state index in [4.69, 9.17) is 5.73 Å². The highest BCUT2D eigenvalue weighted by Gasteiger charge is 2.24. The SMILES string of the molecule is CN(Cc1ccccc1)C(=O)CCN1CC[C@@H](N)[C@H](O)C1. The molecule has 1 aliphatic rings. The molecule has 0 bridgehead atoms. The maximum absolute atomic E-state index is 12.1. The number of aliphatic hydroxyl groups excluding tert-OH is 1. The molecule has 1 heterocycles. The summed E-state index contributed by atoms with van der Waals surface area (Å²) in [7, 11) is 1.83. The molecule has 5 nitrogen and oxygen atoms in total. The molecular weight excluding hydrogens is 266 g/mol. The van der Waals surface area contributed by atoms with Crippen LogP contribution in [0, 0.1) is 0 Å². The standard InChI is InChI=1S/C16H25N3O2/c1-18(11-13-5-3-2-4-6-13)16(21)8-10-19-9-7-14(17)15(20)12-19/h2-6,14-15,20H,7-12,17H2,1H3/t14-,15-/m1/s1. The molecule has 0 aromatic heterocycles. The molecular formula is C16H25N3O2. The van der Waals surface area contributed by atoms with E-state index in [9.17, 15) is 9.90 Å². The van der Waals surface area contributed by atoms with Gasteiger partial charge in [0.2, 0.25) is 5.91 Å². The molecule has 116 valence electrons. The van der Waals surface area contributed by atoms with Gasteiger partial charge >= 0.3 is 0 Å². The number of benzene rings is 1. The third kappa shape index (κ3) is 4.81. The molecule has 21 heavy (non-hydrogen) atoms. The van der Waals surface area contributed by atoms with Gasteiger partial charge in [0.15, 0.2) is 0 Å². The zero-order valence-electron chi connectivity index (χ0n) is 12.6. The lowest BCUT2D eigenvalue weighted by atomic mass is 10.0. The molecule has 0 saturated carbocycles. The van der Waals surface area contributed by atoms with E-state index < -0.39 is 6.10 Å². The van der Waals surface area contributed by atoms with Crippen molar-refractivity contribution < 1.29 is 9.90 Å². The van der Waals surface area contributed by atoms with E-state index in [2.05, 4.69) is 4.90 Å². The fourth-order valence-electron chi connectivity index (χ4n) is 2.61. The molecule has 3 N–H and O–H groups in total. The fraction of sp³-hybridized carbons (Fsp3) is 0.562. The maximum atomic E-state index is 12.1. The van der Waals surface area contributed by atoms with Crippen molar-refractivity contribution in [2.75, 3.05) is 26.7 Å². The third-order valence-corrected chi connectivity index (χ3v) is 4.05. The fourth-order valence-corrected chi connectivity index (χ4v) is 2.61. The van der Waals surface area contributed by atoms with E-state index in [-0.39, 0.29) is 11.9 Å². The van der Waals surface area contributed by atoms with Gasteiger partial charge in [-0.3, -0.25) is 4.79 Å². The average molecular weight is 291 g/mol. The predicted octanol–water partition coefficient (Wildman–Crippen LogP) is 0.429. The van der Waals surface area contributed by atoms with Gasteiger partial charge in [-0.2, -0.15) is 0 Å². The van der Waals surface area contributed by atoms with Gasteiger partial charge in [-0.05, 0) is 18.5 Å². The summed E-state index contributed by atoms with van der Waals surface area (Å²) in [5.74, 6) is 0.128. The zero-order valence-corrected chi connectivity index (χ0v) is 12.6. The van der Waals surface area contributed by atoms with Crippen LogP contribution in [0.3, 0.4) is 0 Å². The Kier molecular flexibility index (Phi) is 5.73. The Bertz CT molecular complexity index is 452. The van der Waals surface area contributed by atoms with Crippen molar-refractivity contribution in [3.63, 3.8) is 0 Å². The predicted molar refractivity (Wildman–Crippen MR) is 82.6 cm³/mol. The van der Waals surface area contributed by atoms with Crippen molar-refractivity contribution in [2.24, 2.45) is 5.73 Å². The zero-order chi connectivity index (χ0) is 15.2. The van der Waals surface area contributed by atoms with Gasteiger partial charge in [0.25, 0.3) is 0 Å². The highest BCUT2D eigenvalue weighted by Crippen LogP contribution is 2.10. The summed E-state index contributed by atoms with van der Waals surface area (Å²) in [5, 5.41) is 9.76. The van der Waals surface area contributed by atoms with E-state index in [1.54, 1.807) is 4.90 Å². The number of nitrogens with zero attached hydrogens (tertiary/aromatic N) is 2. The van der Waals surface area contributed by atoms with Crippen molar-refractivity contribution >= 4 is 5.91 Å². The second-order valence-corrected chi connectivity index (χ2v) is 5.81. The van der Waals surface area contributed by atoms with Gasteiger partial charge in [0.1, 0.15) is 0 Å². The highest BCUT2D eigenvalue weighted by molar-refractivity contribution is 5.76. The number of rotatable bonds is 5. The van der Waals surface area contributed by atoms with E-state index in [0.29, 0.717) is 26.1 Å². The second kappa shape index (κ2) is 7.54. The minimum Gasteiger partial charge on any atom is -0.390 e. The van der Waals surface area contributed by atoms with Crippen LogP contribution < -0.4 is 5.73 Å². The number of carbonyl (C=O) groups is 1. The number of hydrogen-bond donors (Lipinski definition) is 2. The van der Waals surface area contributed by atoms with Crippen molar-refractivity contribution in [2.45, 2.75) is 31.5 Å². The van der Waals surface area contributed by atoms with Crippen molar-refractivity contribution in [3.05, 3.63) is 35.9 Å². The summed E-state index contributed by atoms with van der Waals surface area (Å²) in [6.45, 7) is 2.74. The second-order valence-electron chi connectivity index (χ2n) is 5.81. The summed E-state index contributed by atoms with van der Waals surface area (Å²) in [4.78, 5) is 16.0. The minimum absolute atomic E-state index is 0.127. The van der Waals surface area contributed by atoms with E-state index in [0.717, 1.165) is 18.5 Å². The van der Waals surface area contributed by atoms with Crippen molar-refractivity contribution in [3.8, 4) is 0 Å². The largest absolute Gasteiger partial charge is 0.390 e. The highest BCUT2D eigenvalue weighted by atomic mass is 16.3. The van der Waals surface area contributed by atoms with Gasteiger partial charge in [-0.1, -0.05) is 30.3 Å². The minimum atomic E-state index is -0.476. The number of nitrogens with two attached hydrogens (primary N) is 1. The smallest absolute Gasteiger partial charge is 0.223 e. The van der Waals surface area contributed by atoms with Crippen LogP contribution in [0.4, 0.5) is 0 Å². The molecule has 2 atom stereocenters. The lowest BCUT2D eigenvalue weighted by molar-refractivity contribution is -0.131. The number of amides is 1. The molecule has 1 aromatic rings. The lowest BCUT2D eigenvalue weighted by Crippen LogP contribution is -2.51. The summed E-state index contributed by atoms with van der Waals surface area (Å²) in [6, 6.07) is 9.84. The van der Waals surface area contributed by atoms with Crippen LogP contribution >= 0.6 is 0 Å². The van der Waals surface area contributed by atoms with Crippen LogP contribution in [-0.4, -0.2) is 59.6 Å². The molecule has 1 aromatic carbocycles. The Morgan fingerprint density at radius 2 is 2.14 bits per heavy atom. The monoisotopic (exact) mass is 291 g/mol. The Labute approximate surface area is 126 Å². The van der Waals surface area contributed by atoms with Crippen LogP contribution in [0.1, 0.15) is 18.4 Å². The van der Waals surface area contributed by atoms with E-state index >= 15 is 0 Å². The summed E-state index contributed by atoms with van der Waals surface area (Å²) in [6.07, 6.45) is 0.788. The molecule has 0 spiro atoms. The summed E-state index contributed by atoms with van der Waals surface area (Å²) >= 11 is 0. The molecule has 1 aliphatic heterocycles. The summed E-state index contributed by atoms with van der Waals surface area (Å²) < 4.78 is 0.